The summed E-state index contributed by atoms with van der Waals surface area (Å²) >= 11 is 1.48. The lowest BCUT2D eigenvalue weighted by Crippen LogP contribution is -2.05. The molecule has 0 aliphatic heterocycles. The molecule has 0 aliphatic rings. The molecule has 6 nitrogen and oxygen atoms in total. The van der Waals surface area contributed by atoms with E-state index in [0.29, 0.717) is 16.6 Å². The Labute approximate surface area is 131 Å². The van der Waals surface area contributed by atoms with Crippen LogP contribution in [0, 0.1) is 11.3 Å². The molecule has 0 radical (unpaired) electrons. The van der Waals surface area contributed by atoms with Crippen LogP contribution < -0.4 is 9.47 Å². The minimum atomic E-state index is -0.594. The fraction of sp³-hybridized carbons (Fsp3) is 0.200. The first kappa shape index (κ1) is 14.2. The van der Waals surface area contributed by atoms with Crippen LogP contribution in [0.5, 0.6) is 11.9 Å². The van der Waals surface area contributed by atoms with E-state index in [1.165, 1.54) is 25.6 Å². The molecule has 7 heteroatoms. The number of thiazole rings is 1. The van der Waals surface area contributed by atoms with Gasteiger partial charge in [-0.2, -0.15) is 15.2 Å². The summed E-state index contributed by atoms with van der Waals surface area (Å²) in [7, 11) is 2.97. The molecule has 0 saturated carbocycles. The van der Waals surface area contributed by atoms with Gasteiger partial charge in [-0.05, 0) is 12.1 Å². The zero-order valence-corrected chi connectivity index (χ0v) is 12.8. The molecule has 2 aromatic heterocycles. The number of hydrogen-bond acceptors (Lipinski definition) is 7. The molecule has 0 N–H and O–H groups in total. The first-order chi connectivity index (χ1) is 10.7. The number of para-hydroxylation sites is 1. The van der Waals surface area contributed by atoms with Gasteiger partial charge in [0.25, 0.3) is 0 Å². The van der Waals surface area contributed by atoms with Crippen LogP contribution in [0.3, 0.4) is 0 Å². The normalized spacial score (nSPS) is 11.9. The summed E-state index contributed by atoms with van der Waals surface area (Å²) in [5, 5.41) is 10.2. The Morgan fingerprint density at radius 3 is 2.64 bits per heavy atom. The number of methoxy groups -OCH3 is 2. The number of benzene rings is 1. The van der Waals surface area contributed by atoms with Gasteiger partial charge in [0, 0.05) is 6.07 Å². The van der Waals surface area contributed by atoms with Crippen molar-refractivity contribution < 1.29 is 9.47 Å². The van der Waals surface area contributed by atoms with E-state index in [1.54, 1.807) is 6.07 Å². The molecule has 0 spiro atoms. The second-order valence-electron chi connectivity index (χ2n) is 4.40. The highest BCUT2D eigenvalue weighted by Gasteiger charge is 2.22. The lowest BCUT2D eigenvalue weighted by atomic mass is 10.1. The third kappa shape index (κ3) is 2.56. The Bertz CT molecular complexity index is 801. The van der Waals surface area contributed by atoms with Crippen LogP contribution in [0.15, 0.2) is 30.3 Å². The van der Waals surface area contributed by atoms with Gasteiger partial charge >= 0.3 is 6.01 Å². The minimum Gasteiger partial charge on any atom is -0.481 e. The van der Waals surface area contributed by atoms with Gasteiger partial charge in [0.15, 0.2) is 0 Å². The van der Waals surface area contributed by atoms with E-state index in [-0.39, 0.29) is 6.01 Å². The van der Waals surface area contributed by atoms with E-state index in [2.05, 4.69) is 21.0 Å². The van der Waals surface area contributed by atoms with Gasteiger partial charge in [-0.3, -0.25) is 0 Å². The predicted octanol–water partition coefficient (Wildman–Crippen LogP) is 2.76. The second kappa shape index (κ2) is 5.95. The smallest absolute Gasteiger partial charge is 0.319 e. The van der Waals surface area contributed by atoms with Gasteiger partial charge in [-0.15, -0.1) is 11.3 Å². The summed E-state index contributed by atoms with van der Waals surface area (Å²) in [6, 6.07) is 11.8. The van der Waals surface area contributed by atoms with Gasteiger partial charge in [-0.1, -0.05) is 12.1 Å². The van der Waals surface area contributed by atoms with Gasteiger partial charge in [0.05, 0.1) is 36.2 Å². The van der Waals surface area contributed by atoms with Gasteiger partial charge in [-0.25, -0.2) is 4.98 Å². The third-order valence-electron chi connectivity index (χ3n) is 3.08. The number of hydrogen-bond donors (Lipinski definition) is 0. The molecular formula is C15H12N4O2S. The molecule has 110 valence electrons. The molecule has 3 rings (SSSR count). The van der Waals surface area contributed by atoms with E-state index in [4.69, 9.17) is 9.47 Å². The quantitative estimate of drug-likeness (QED) is 0.737. The summed E-state index contributed by atoms with van der Waals surface area (Å²) in [6.45, 7) is 0. The standard InChI is InChI=1S/C15H12N4O2S/c1-20-13-7-11(18-15(19-13)21-2)9(8-16)14-17-10-5-3-4-6-12(10)22-14/h3-7,9H,1-2H3. The SMILES string of the molecule is COc1cc(C(C#N)c2nc3ccccc3s2)nc(OC)n1. The molecule has 0 fully saturated rings. The van der Waals surface area contributed by atoms with Crippen molar-refractivity contribution in [3.8, 4) is 18.0 Å². The molecule has 0 bridgehead atoms. The van der Waals surface area contributed by atoms with Crippen LogP contribution in [0.2, 0.25) is 0 Å². The third-order valence-corrected chi connectivity index (χ3v) is 4.18. The molecule has 1 atom stereocenters. The average Bonchev–Trinajstić information content (AvgIpc) is 2.98. The maximum atomic E-state index is 9.56. The molecular weight excluding hydrogens is 300 g/mol. The number of fused-ring (bicyclic) bond motifs is 1. The van der Waals surface area contributed by atoms with Crippen LogP contribution in [0.1, 0.15) is 16.6 Å². The largest absolute Gasteiger partial charge is 0.481 e. The van der Waals surface area contributed by atoms with E-state index < -0.39 is 5.92 Å². The summed E-state index contributed by atoms with van der Waals surface area (Å²) < 4.78 is 11.2. The predicted molar refractivity (Wildman–Crippen MR) is 82.2 cm³/mol. The molecule has 3 aromatic rings. The van der Waals surface area contributed by atoms with Crippen molar-refractivity contribution in [2.75, 3.05) is 14.2 Å². The molecule has 0 saturated heterocycles. The molecule has 1 unspecified atom stereocenters. The first-order valence-electron chi connectivity index (χ1n) is 6.47. The van der Waals surface area contributed by atoms with Crippen molar-refractivity contribution in [3.63, 3.8) is 0 Å². The average molecular weight is 312 g/mol. The Morgan fingerprint density at radius 1 is 1.14 bits per heavy atom. The molecule has 0 amide bonds. The van der Waals surface area contributed by atoms with Crippen molar-refractivity contribution in [2.45, 2.75) is 5.92 Å². The first-order valence-corrected chi connectivity index (χ1v) is 7.29. The zero-order valence-electron chi connectivity index (χ0n) is 12.0. The van der Waals surface area contributed by atoms with Crippen molar-refractivity contribution in [3.05, 3.63) is 41.0 Å². The lowest BCUT2D eigenvalue weighted by molar-refractivity contribution is 0.350. The van der Waals surface area contributed by atoms with Crippen molar-refractivity contribution in [1.29, 1.82) is 5.26 Å². The number of ether oxygens (including phenoxy) is 2. The molecule has 2 heterocycles. The van der Waals surface area contributed by atoms with Crippen molar-refractivity contribution in [1.82, 2.24) is 15.0 Å². The number of nitriles is 1. The summed E-state index contributed by atoms with van der Waals surface area (Å²) in [5.74, 6) is -0.244. The second-order valence-corrected chi connectivity index (χ2v) is 5.47. The Kier molecular flexibility index (Phi) is 3.85. The highest BCUT2D eigenvalue weighted by Crippen LogP contribution is 2.32. The van der Waals surface area contributed by atoms with Gasteiger partial charge < -0.3 is 9.47 Å². The van der Waals surface area contributed by atoms with Crippen molar-refractivity contribution in [2.24, 2.45) is 0 Å². The minimum absolute atomic E-state index is 0.163. The molecule has 0 aliphatic carbocycles. The monoisotopic (exact) mass is 312 g/mol. The fourth-order valence-corrected chi connectivity index (χ4v) is 3.05. The molecule has 22 heavy (non-hydrogen) atoms. The number of aromatic nitrogens is 3. The number of nitrogens with zero attached hydrogens (tertiary/aromatic N) is 4. The van der Waals surface area contributed by atoms with Crippen LogP contribution in [0.4, 0.5) is 0 Å². The van der Waals surface area contributed by atoms with Crippen LogP contribution in [-0.4, -0.2) is 29.2 Å². The van der Waals surface area contributed by atoms with Crippen LogP contribution in [-0.2, 0) is 0 Å². The zero-order chi connectivity index (χ0) is 15.5. The van der Waals surface area contributed by atoms with E-state index in [9.17, 15) is 5.26 Å². The summed E-state index contributed by atoms with van der Waals surface area (Å²) in [6.07, 6.45) is 0. The Morgan fingerprint density at radius 2 is 1.95 bits per heavy atom. The maximum Gasteiger partial charge on any atom is 0.319 e. The highest BCUT2D eigenvalue weighted by atomic mass is 32.1. The topological polar surface area (TPSA) is 80.9 Å². The van der Waals surface area contributed by atoms with Crippen LogP contribution >= 0.6 is 11.3 Å². The van der Waals surface area contributed by atoms with Crippen molar-refractivity contribution >= 4 is 21.6 Å². The van der Waals surface area contributed by atoms with E-state index >= 15 is 0 Å². The highest BCUT2D eigenvalue weighted by molar-refractivity contribution is 7.18. The lowest BCUT2D eigenvalue weighted by Gasteiger charge is -2.08. The van der Waals surface area contributed by atoms with Gasteiger partial charge in [0.2, 0.25) is 5.88 Å². The van der Waals surface area contributed by atoms with E-state index in [1.807, 2.05) is 24.3 Å². The van der Waals surface area contributed by atoms with Crippen LogP contribution in [0.25, 0.3) is 10.2 Å². The summed E-state index contributed by atoms with van der Waals surface area (Å²) in [5.41, 5.74) is 1.38. The number of rotatable bonds is 4. The van der Waals surface area contributed by atoms with Gasteiger partial charge in [0.1, 0.15) is 10.9 Å². The molecule has 1 aromatic carbocycles. The summed E-state index contributed by atoms with van der Waals surface area (Å²) in [4.78, 5) is 12.8. The maximum absolute atomic E-state index is 9.56. The van der Waals surface area contributed by atoms with E-state index in [0.717, 1.165) is 10.2 Å². The Balaban J connectivity index is 2.09. The Hall–Kier alpha value is -2.72. The fourth-order valence-electron chi connectivity index (χ4n) is 2.03.